The van der Waals surface area contributed by atoms with E-state index in [9.17, 15) is 14.4 Å². The minimum atomic E-state index is -0.826. The Labute approximate surface area is 159 Å². The van der Waals surface area contributed by atoms with Crippen molar-refractivity contribution >= 4 is 18.0 Å². The van der Waals surface area contributed by atoms with Crippen molar-refractivity contribution in [2.75, 3.05) is 26.2 Å². The van der Waals surface area contributed by atoms with Crippen LogP contribution in [0.3, 0.4) is 0 Å². The second-order valence-electron chi connectivity index (χ2n) is 6.26. The fraction of sp³-hybridized carbons (Fsp3) is 0.667. The van der Waals surface area contributed by atoms with Gasteiger partial charge < -0.3 is 25.4 Å². The van der Waals surface area contributed by atoms with Crippen LogP contribution in [0.1, 0.15) is 45.4 Å². The van der Waals surface area contributed by atoms with E-state index >= 15 is 0 Å². The highest BCUT2D eigenvalue weighted by Gasteiger charge is 2.23. The molecule has 1 aliphatic heterocycles. The van der Waals surface area contributed by atoms with Crippen molar-refractivity contribution in [1.29, 1.82) is 5.26 Å². The molecule has 1 saturated heterocycles. The van der Waals surface area contributed by atoms with E-state index in [0.717, 1.165) is 0 Å². The van der Waals surface area contributed by atoms with Crippen LogP contribution in [0.5, 0.6) is 0 Å². The van der Waals surface area contributed by atoms with Gasteiger partial charge in [0.1, 0.15) is 11.6 Å². The number of ether oxygens (including phenoxy) is 1. The zero-order chi connectivity index (χ0) is 20.1. The van der Waals surface area contributed by atoms with Crippen LogP contribution in [-0.4, -0.2) is 60.3 Å². The molecule has 0 aromatic rings. The van der Waals surface area contributed by atoms with Crippen molar-refractivity contribution in [3.8, 4) is 6.07 Å². The Morgan fingerprint density at radius 1 is 1.26 bits per heavy atom. The number of likely N-dealkylation sites (tertiary alicyclic amines) is 1. The number of rotatable bonds is 10. The number of carbonyl (C=O) groups excluding carboxylic acids is 2. The molecule has 1 heterocycles. The molecule has 0 aliphatic carbocycles. The number of hydrogen-bond donors (Lipinski definition) is 3. The molecule has 0 radical (unpaired) electrons. The van der Waals surface area contributed by atoms with Gasteiger partial charge in [-0.3, -0.25) is 9.59 Å². The highest BCUT2D eigenvalue weighted by Crippen LogP contribution is 2.11. The maximum atomic E-state index is 12.0. The van der Waals surface area contributed by atoms with Crippen molar-refractivity contribution in [3.63, 3.8) is 0 Å². The quantitative estimate of drug-likeness (QED) is 0.296. The van der Waals surface area contributed by atoms with Gasteiger partial charge in [0.15, 0.2) is 0 Å². The first-order valence-corrected chi connectivity index (χ1v) is 9.26. The summed E-state index contributed by atoms with van der Waals surface area (Å²) in [5.41, 5.74) is -0.00615. The summed E-state index contributed by atoms with van der Waals surface area (Å²) in [5.74, 6) is -1.28. The Morgan fingerprint density at radius 3 is 2.56 bits per heavy atom. The van der Waals surface area contributed by atoms with Gasteiger partial charge in [0.25, 0.3) is 5.91 Å². The third-order valence-corrected chi connectivity index (χ3v) is 4.20. The number of carboxylic acids is 1. The summed E-state index contributed by atoms with van der Waals surface area (Å²) < 4.78 is 4.97. The third kappa shape index (κ3) is 8.94. The van der Waals surface area contributed by atoms with Crippen molar-refractivity contribution in [1.82, 2.24) is 15.5 Å². The second kappa shape index (κ2) is 12.6. The van der Waals surface area contributed by atoms with E-state index in [-0.39, 0.29) is 24.1 Å². The topological polar surface area (TPSA) is 132 Å². The van der Waals surface area contributed by atoms with Gasteiger partial charge in [0, 0.05) is 38.3 Å². The zero-order valence-corrected chi connectivity index (χ0v) is 15.7. The SMILES string of the molecule is CCOC(=O)N1CCC(N/C=C(/C#N)C(=O)NCCCCCC(=O)O)CC1. The predicted molar refractivity (Wildman–Crippen MR) is 97.6 cm³/mol. The Morgan fingerprint density at radius 2 is 1.96 bits per heavy atom. The zero-order valence-electron chi connectivity index (χ0n) is 15.7. The number of amides is 2. The first kappa shape index (κ1) is 22.3. The average molecular weight is 380 g/mol. The van der Waals surface area contributed by atoms with Gasteiger partial charge in [-0.15, -0.1) is 0 Å². The van der Waals surface area contributed by atoms with Crippen molar-refractivity contribution < 1.29 is 24.2 Å². The molecular formula is C18H28N4O5. The summed E-state index contributed by atoms with van der Waals surface area (Å²) >= 11 is 0. The largest absolute Gasteiger partial charge is 0.481 e. The number of nitrogens with one attached hydrogen (secondary N) is 2. The maximum absolute atomic E-state index is 12.0. The Bertz CT molecular complexity index is 577. The van der Waals surface area contributed by atoms with Crippen LogP contribution in [0.25, 0.3) is 0 Å². The van der Waals surface area contributed by atoms with Crippen LogP contribution in [0.4, 0.5) is 4.79 Å². The molecule has 3 N–H and O–H groups in total. The number of carboxylic acid groups (broad SMARTS) is 1. The average Bonchev–Trinajstić information content (AvgIpc) is 2.65. The fourth-order valence-electron chi connectivity index (χ4n) is 2.67. The highest BCUT2D eigenvalue weighted by atomic mass is 16.6. The molecule has 1 rings (SSSR count). The maximum Gasteiger partial charge on any atom is 0.409 e. The molecule has 0 bridgehead atoms. The lowest BCUT2D eigenvalue weighted by Gasteiger charge is -2.31. The number of hydrogen-bond acceptors (Lipinski definition) is 6. The van der Waals surface area contributed by atoms with E-state index in [2.05, 4.69) is 10.6 Å². The van der Waals surface area contributed by atoms with Crippen LogP contribution in [0, 0.1) is 11.3 Å². The van der Waals surface area contributed by atoms with Crippen molar-refractivity contribution in [3.05, 3.63) is 11.8 Å². The third-order valence-electron chi connectivity index (χ3n) is 4.20. The lowest BCUT2D eigenvalue weighted by atomic mass is 10.1. The summed E-state index contributed by atoms with van der Waals surface area (Å²) in [6.07, 6.45) is 4.58. The van der Waals surface area contributed by atoms with Crippen molar-refractivity contribution in [2.45, 2.75) is 51.5 Å². The standard InChI is InChI=1S/C18H28N4O5/c1-2-27-18(26)22-10-7-15(8-11-22)21-13-14(12-19)17(25)20-9-5-3-4-6-16(23)24/h13,15,21H,2-11H2,1H3,(H,20,25)(H,23,24)/b14-13-. The molecule has 9 nitrogen and oxygen atoms in total. The van der Waals surface area contributed by atoms with Gasteiger partial charge in [-0.05, 0) is 32.6 Å². The van der Waals surface area contributed by atoms with Crippen LogP contribution in [0.2, 0.25) is 0 Å². The number of carbonyl (C=O) groups is 3. The van der Waals surface area contributed by atoms with Crippen LogP contribution < -0.4 is 10.6 Å². The summed E-state index contributed by atoms with van der Waals surface area (Å²) in [7, 11) is 0. The smallest absolute Gasteiger partial charge is 0.409 e. The number of nitrogens with zero attached hydrogens (tertiary/aromatic N) is 2. The second-order valence-corrected chi connectivity index (χ2v) is 6.26. The summed E-state index contributed by atoms with van der Waals surface area (Å²) in [4.78, 5) is 35.7. The molecule has 0 spiro atoms. The Kier molecular flexibility index (Phi) is 10.4. The van der Waals surface area contributed by atoms with Crippen LogP contribution >= 0.6 is 0 Å². The Hall–Kier alpha value is -2.76. The first-order valence-electron chi connectivity index (χ1n) is 9.26. The molecule has 0 aromatic carbocycles. The van der Waals surface area contributed by atoms with E-state index in [1.807, 2.05) is 6.07 Å². The van der Waals surface area contributed by atoms with Crippen LogP contribution in [-0.2, 0) is 14.3 Å². The van der Waals surface area contributed by atoms with E-state index in [0.29, 0.717) is 58.3 Å². The molecule has 1 aliphatic rings. The predicted octanol–water partition coefficient (Wildman–Crippen LogP) is 1.37. The van der Waals surface area contributed by atoms with Gasteiger partial charge in [-0.1, -0.05) is 6.42 Å². The van der Waals surface area contributed by atoms with E-state index < -0.39 is 11.9 Å². The number of nitriles is 1. The van der Waals surface area contributed by atoms with Crippen molar-refractivity contribution in [2.24, 2.45) is 0 Å². The molecule has 27 heavy (non-hydrogen) atoms. The summed E-state index contributed by atoms with van der Waals surface area (Å²) in [6.45, 7) is 3.64. The number of aliphatic carboxylic acids is 1. The molecular weight excluding hydrogens is 352 g/mol. The van der Waals surface area contributed by atoms with E-state index in [4.69, 9.17) is 15.1 Å². The monoisotopic (exact) mass is 380 g/mol. The van der Waals surface area contributed by atoms with Gasteiger partial charge >= 0.3 is 12.1 Å². The highest BCUT2D eigenvalue weighted by molar-refractivity contribution is 5.97. The van der Waals surface area contributed by atoms with Gasteiger partial charge in [0.05, 0.1) is 6.61 Å². The Balaban J connectivity index is 2.30. The normalized spacial score (nSPS) is 15.0. The first-order chi connectivity index (χ1) is 13.0. The van der Waals surface area contributed by atoms with Crippen LogP contribution in [0.15, 0.2) is 11.8 Å². The summed E-state index contributed by atoms with van der Waals surface area (Å²) in [6, 6.07) is 1.96. The minimum Gasteiger partial charge on any atom is -0.481 e. The molecule has 0 saturated carbocycles. The van der Waals surface area contributed by atoms with Gasteiger partial charge in [0.2, 0.25) is 0 Å². The molecule has 2 amide bonds. The van der Waals surface area contributed by atoms with E-state index in [1.165, 1.54) is 6.20 Å². The molecule has 0 atom stereocenters. The molecule has 9 heteroatoms. The number of piperidine rings is 1. The molecule has 150 valence electrons. The summed E-state index contributed by atoms with van der Waals surface area (Å²) in [5, 5.41) is 23.4. The lowest BCUT2D eigenvalue weighted by molar-refractivity contribution is -0.137. The fourth-order valence-corrected chi connectivity index (χ4v) is 2.67. The van der Waals surface area contributed by atoms with Gasteiger partial charge in [-0.25, -0.2) is 4.79 Å². The van der Waals surface area contributed by atoms with Gasteiger partial charge in [-0.2, -0.15) is 5.26 Å². The minimum absolute atomic E-state index is 0.00615. The lowest BCUT2D eigenvalue weighted by Crippen LogP contribution is -2.44. The molecule has 0 aromatic heterocycles. The molecule has 1 fully saturated rings. The number of unbranched alkanes of at least 4 members (excludes halogenated alkanes) is 2. The molecule has 0 unspecified atom stereocenters. The van der Waals surface area contributed by atoms with E-state index in [1.54, 1.807) is 11.8 Å².